The summed E-state index contributed by atoms with van der Waals surface area (Å²) < 4.78 is 1.21. The summed E-state index contributed by atoms with van der Waals surface area (Å²) in [4.78, 5) is 25.5. The second-order valence-corrected chi connectivity index (χ2v) is 3.16. The largest absolute Gasteiger partial charge is 0.480 e. The van der Waals surface area contributed by atoms with Gasteiger partial charge in [0.2, 0.25) is 0 Å². The molecule has 0 radical (unpaired) electrons. The van der Waals surface area contributed by atoms with Gasteiger partial charge in [-0.3, -0.25) is 19.3 Å². The minimum absolute atomic E-state index is 0.0318. The molecule has 0 saturated heterocycles. The summed E-state index contributed by atoms with van der Waals surface area (Å²) in [6, 6.07) is 1.58. The summed E-state index contributed by atoms with van der Waals surface area (Å²) >= 11 is 0. The molecule has 7 nitrogen and oxygen atoms in total. The predicted molar refractivity (Wildman–Crippen MR) is 53.7 cm³/mol. The Bertz CT molecular complexity index is 575. The Hall–Kier alpha value is -2.44. The summed E-state index contributed by atoms with van der Waals surface area (Å²) in [7, 11) is 0. The lowest BCUT2D eigenvalue weighted by Gasteiger charge is -1.97. The highest BCUT2D eigenvalue weighted by atomic mass is 16.4. The number of pyridine rings is 1. The zero-order valence-corrected chi connectivity index (χ0v) is 8.12. The van der Waals surface area contributed by atoms with Gasteiger partial charge in [-0.25, -0.2) is 0 Å². The van der Waals surface area contributed by atoms with Crippen molar-refractivity contribution < 1.29 is 14.7 Å². The van der Waals surface area contributed by atoms with E-state index in [1.54, 1.807) is 6.07 Å². The van der Waals surface area contributed by atoms with Gasteiger partial charge in [0.25, 0.3) is 5.91 Å². The molecule has 0 unspecified atom stereocenters. The summed E-state index contributed by atoms with van der Waals surface area (Å²) in [5, 5.41) is 13.0. The van der Waals surface area contributed by atoms with E-state index >= 15 is 0 Å². The average molecular weight is 220 g/mol. The molecule has 0 aliphatic heterocycles. The van der Waals surface area contributed by atoms with E-state index in [4.69, 9.17) is 10.8 Å². The van der Waals surface area contributed by atoms with Crippen molar-refractivity contribution in [2.75, 3.05) is 0 Å². The number of carbonyl (C=O) groups is 2. The number of carboxylic acid groups (broad SMARTS) is 1. The molecule has 0 saturated carbocycles. The molecule has 7 heteroatoms. The number of aromatic nitrogens is 3. The zero-order chi connectivity index (χ0) is 11.7. The summed E-state index contributed by atoms with van der Waals surface area (Å²) in [5.74, 6) is -1.75. The van der Waals surface area contributed by atoms with Gasteiger partial charge < -0.3 is 10.8 Å². The van der Waals surface area contributed by atoms with Gasteiger partial charge in [0.15, 0.2) is 5.69 Å². The first-order chi connectivity index (χ1) is 7.59. The molecule has 0 fully saturated rings. The minimum atomic E-state index is -1.04. The maximum Gasteiger partial charge on any atom is 0.325 e. The second-order valence-electron chi connectivity index (χ2n) is 3.16. The van der Waals surface area contributed by atoms with Crippen LogP contribution >= 0.6 is 0 Å². The third-order valence-electron chi connectivity index (χ3n) is 2.07. The van der Waals surface area contributed by atoms with Gasteiger partial charge in [-0.15, -0.1) is 0 Å². The fraction of sp³-hybridized carbons (Fsp3) is 0.111. The van der Waals surface area contributed by atoms with Crippen LogP contribution in [0.3, 0.4) is 0 Å². The summed E-state index contributed by atoms with van der Waals surface area (Å²) in [5.41, 5.74) is 5.69. The first-order valence-corrected chi connectivity index (χ1v) is 4.41. The van der Waals surface area contributed by atoms with E-state index in [-0.39, 0.29) is 12.2 Å². The molecule has 0 atom stereocenters. The van der Waals surface area contributed by atoms with Crippen molar-refractivity contribution >= 4 is 22.8 Å². The third-order valence-corrected chi connectivity index (χ3v) is 2.07. The Labute approximate surface area is 89.5 Å². The van der Waals surface area contributed by atoms with E-state index in [0.29, 0.717) is 10.9 Å². The minimum Gasteiger partial charge on any atom is -0.480 e. The molecule has 1 amide bonds. The average Bonchev–Trinajstić information content (AvgIpc) is 2.57. The number of fused-ring (bicyclic) bond motifs is 1. The van der Waals surface area contributed by atoms with Crippen molar-refractivity contribution in [2.45, 2.75) is 6.54 Å². The number of nitrogens with zero attached hydrogens (tertiary/aromatic N) is 3. The number of aliphatic carboxylic acids is 1. The van der Waals surface area contributed by atoms with Crippen LogP contribution in [-0.2, 0) is 11.3 Å². The zero-order valence-electron chi connectivity index (χ0n) is 8.12. The van der Waals surface area contributed by atoms with E-state index in [1.165, 1.54) is 17.1 Å². The Balaban J connectivity index is 2.66. The maximum absolute atomic E-state index is 11.1. The van der Waals surface area contributed by atoms with Crippen molar-refractivity contribution in [3.63, 3.8) is 0 Å². The van der Waals surface area contributed by atoms with Gasteiger partial charge in [0.05, 0.1) is 10.9 Å². The van der Waals surface area contributed by atoms with Crippen molar-refractivity contribution in [1.29, 1.82) is 0 Å². The Morgan fingerprint density at radius 3 is 2.88 bits per heavy atom. The lowest BCUT2D eigenvalue weighted by Crippen LogP contribution is -2.14. The van der Waals surface area contributed by atoms with Crippen LogP contribution < -0.4 is 5.73 Å². The van der Waals surface area contributed by atoms with E-state index in [2.05, 4.69) is 10.1 Å². The molecule has 3 N–H and O–H groups in total. The molecule has 16 heavy (non-hydrogen) atoms. The number of carbonyl (C=O) groups excluding carboxylic acids is 1. The molecule has 2 heterocycles. The summed E-state index contributed by atoms with van der Waals surface area (Å²) in [6.45, 7) is -0.326. The van der Waals surface area contributed by atoms with Crippen LogP contribution in [0.4, 0.5) is 0 Å². The Kier molecular flexibility index (Phi) is 2.28. The Morgan fingerprint density at radius 2 is 2.25 bits per heavy atom. The van der Waals surface area contributed by atoms with Gasteiger partial charge in [-0.2, -0.15) is 5.10 Å². The van der Waals surface area contributed by atoms with Gasteiger partial charge in [0.1, 0.15) is 6.54 Å². The standard InChI is InChI=1S/C9H8N4O3/c10-9(16)8-5-3-11-2-1-6(5)13(12-8)4-7(14)15/h1-3H,4H2,(H2,10,16)(H,14,15). The fourth-order valence-corrected chi connectivity index (χ4v) is 1.45. The topological polar surface area (TPSA) is 111 Å². The van der Waals surface area contributed by atoms with E-state index < -0.39 is 11.9 Å². The normalized spacial score (nSPS) is 10.5. The highest BCUT2D eigenvalue weighted by molar-refractivity contribution is 6.03. The van der Waals surface area contributed by atoms with Crippen LogP contribution in [0.2, 0.25) is 0 Å². The lowest BCUT2D eigenvalue weighted by atomic mass is 10.2. The van der Waals surface area contributed by atoms with E-state index in [0.717, 1.165) is 0 Å². The van der Waals surface area contributed by atoms with E-state index in [9.17, 15) is 9.59 Å². The van der Waals surface area contributed by atoms with Crippen LogP contribution in [-0.4, -0.2) is 31.7 Å². The number of hydrogen-bond donors (Lipinski definition) is 2. The third kappa shape index (κ3) is 1.58. The van der Waals surface area contributed by atoms with Gasteiger partial charge in [0, 0.05) is 12.4 Å². The fourth-order valence-electron chi connectivity index (χ4n) is 1.45. The number of amides is 1. The van der Waals surface area contributed by atoms with Crippen LogP contribution in [0.5, 0.6) is 0 Å². The number of rotatable bonds is 3. The molecular weight excluding hydrogens is 212 g/mol. The first-order valence-electron chi connectivity index (χ1n) is 4.41. The van der Waals surface area contributed by atoms with Crippen molar-refractivity contribution in [1.82, 2.24) is 14.8 Å². The van der Waals surface area contributed by atoms with Crippen molar-refractivity contribution in [2.24, 2.45) is 5.73 Å². The monoisotopic (exact) mass is 220 g/mol. The molecule has 0 spiro atoms. The second kappa shape index (κ2) is 3.61. The van der Waals surface area contributed by atoms with Gasteiger partial charge in [-0.05, 0) is 6.07 Å². The maximum atomic E-state index is 11.1. The number of nitrogens with two attached hydrogens (primary N) is 1. The predicted octanol–water partition coefficient (Wildman–Crippen LogP) is -0.385. The quantitative estimate of drug-likeness (QED) is 0.732. The molecule has 82 valence electrons. The highest BCUT2D eigenvalue weighted by Crippen LogP contribution is 2.16. The molecule has 0 aromatic carbocycles. The molecule has 0 bridgehead atoms. The molecule has 0 aliphatic carbocycles. The SMILES string of the molecule is NC(=O)c1nn(CC(=O)O)c2ccncc12. The molecular formula is C9H8N4O3. The molecule has 2 rings (SSSR count). The van der Waals surface area contributed by atoms with Crippen LogP contribution in [0.25, 0.3) is 10.9 Å². The van der Waals surface area contributed by atoms with Crippen LogP contribution in [0.1, 0.15) is 10.5 Å². The molecule has 0 aliphatic rings. The van der Waals surface area contributed by atoms with Gasteiger partial charge in [-0.1, -0.05) is 0 Å². The molecule has 2 aromatic heterocycles. The number of primary amides is 1. The number of carboxylic acids is 1. The Morgan fingerprint density at radius 1 is 1.50 bits per heavy atom. The molecule has 2 aromatic rings. The number of hydrogen-bond acceptors (Lipinski definition) is 4. The lowest BCUT2D eigenvalue weighted by molar-refractivity contribution is -0.137. The first kappa shape index (κ1) is 10.1. The van der Waals surface area contributed by atoms with Crippen LogP contribution in [0.15, 0.2) is 18.5 Å². The highest BCUT2D eigenvalue weighted by Gasteiger charge is 2.15. The van der Waals surface area contributed by atoms with E-state index in [1.807, 2.05) is 0 Å². The summed E-state index contributed by atoms with van der Waals surface area (Å²) in [6.07, 6.45) is 2.92. The smallest absolute Gasteiger partial charge is 0.325 e. The van der Waals surface area contributed by atoms with Crippen molar-refractivity contribution in [3.8, 4) is 0 Å². The van der Waals surface area contributed by atoms with Crippen LogP contribution in [0, 0.1) is 0 Å². The van der Waals surface area contributed by atoms with Crippen molar-refractivity contribution in [3.05, 3.63) is 24.2 Å². The van der Waals surface area contributed by atoms with Gasteiger partial charge >= 0.3 is 5.97 Å².